The van der Waals surface area contributed by atoms with Crippen LogP contribution in [-0.4, -0.2) is 140 Å². The van der Waals surface area contributed by atoms with Crippen molar-refractivity contribution in [2.45, 2.75) is 209 Å². The first-order valence-electron chi connectivity index (χ1n) is 25.6. The lowest BCUT2D eigenvalue weighted by Gasteiger charge is -2.46. The maximum atomic E-state index is 13.2. The first-order valence-corrected chi connectivity index (χ1v) is 25.6. The molecule has 2 rings (SSSR count). The molecule has 0 bridgehead atoms. The number of carbonyl (C=O) groups excluding carboxylic acids is 1. The van der Waals surface area contributed by atoms with Crippen LogP contribution in [0.5, 0.6) is 0 Å². The predicted molar refractivity (Wildman–Crippen MR) is 272 cm³/mol. The molecule has 9 N–H and O–H groups in total. The Morgan fingerprint density at radius 3 is 1.54 bits per heavy atom. The summed E-state index contributed by atoms with van der Waals surface area (Å²) in [5, 5.41) is 86.6. The fourth-order valence-electron chi connectivity index (χ4n) is 7.57. The zero-order chi connectivity index (χ0) is 50.3. The summed E-state index contributed by atoms with van der Waals surface area (Å²) >= 11 is 0. The van der Waals surface area contributed by atoms with Crippen molar-refractivity contribution in [1.29, 1.82) is 0 Å². The molecule has 69 heavy (non-hydrogen) atoms. The number of allylic oxidation sites excluding steroid dienone is 17. The number of amides is 1. The molecule has 2 fully saturated rings. The van der Waals surface area contributed by atoms with E-state index in [0.29, 0.717) is 12.8 Å². The summed E-state index contributed by atoms with van der Waals surface area (Å²) in [6.45, 7) is 2.47. The predicted octanol–water partition coefficient (Wildman–Crippen LogP) is 6.93. The van der Waals surface area contributed by atoms with Gasteiger partial charge in [-0.25, -0.2) is 0 Å². The minimum absolute atomic E-state index is 0.245. The van der Waals surface area contributed by atoms with Crippen LogP contribution in [0.4, 0.5) is 0 Å². The van der Waals surface area contributed by atoms with Crippen molar-refractivity contribution >= 4 is 5.91 Å². The summed E-state index contributed by atoms with van der Waals surface area (Å²) in [5.41, 5.74) is 0. The topological polar surface area (TPSA) is 228 Å². The lowest BCUT2D eigenvalue weighted by molar-refractivity contribution is -0.359. The Morgan fingerprint density at radius 1 is 0.522 bits per heavy atom. The summed E-state index contributed by atoms with van der Waals surface area (Å²) in [6.07, 6.45) is 38.6. The van der Waals surface area contributed by atoms with Crippen LogP contribution in [0.2, 0.25) is 0 Å². The third-order valence-electron chi connectivity index (χ3n) is 11.7. The summed E-state index contributed by atoms with van der Waals surface area (Å²) in [5.74, 6) is -0.278. The Morgan fingerprint density at radius 2 is 0.971 bits per heavy atom. The fourth-order valence-corrected chi connectivity index (χ4v) is 7.57. The van der Waals surface area contributed by atoms with Crippen LogP contribution in [0.25, 0.3) is 0 Å². The number of ether oxygens (including phenoxy) is 4. The molecular weight excluding hydrogens is 883 g/mol. The molecule has 0 aliphatic carbocycles. The molecule has 392 valence electrons. The van der Waals surface area contributed by atoms with Gasteiger partial charge in [0.25, 0.3) is 0 Å². The van der Waals surface area contributed by atoms with Gasteiger partial charge in [0.05, 0.1) is 32.0 Å². The molecule has 0 radical (unpaired) electrons. The van der Waals surface area contributed by atoms with Crippen molar-refractivity contribution in [3.8, 4) is 0 Å². The molecule has 0 aromatic rings. The van der Waals surface area contributed by atoms with Crippen molar-refractivity contribution < 1.29 is 64.6 Å². The first kappa shape index (κ1) is 61.8. The van der Waals surface area contributed by atoms with Gasteiger partial charge in [0.2, 0.25) is 5.91 Å². The Balaban J connectivity index is 1.79. The number of hydrogen-bond acceptors (Lipinski definition) is 13. The standard InChI is InChI=1S/C55H89NO13/c1-3-5-7-9-11-13-15-16-17-18-19-20-21-22-23-24-25-26-27-28-29-31-33-35-37-39-47(60)56-43(44(59)38-36-34-32-30-14-12-10-8-6-4-2)42-66-54-52(65)50(63)53(46(41-58)68-54)69-55-51(64)49(62)48(61)45(40-57)67-55/h5-8,11,13-14,16-17,19-20,22-23,25-26,30,36,38,43-46,48-55,57-59,61-65H,3-4,9-10,12,15,18,21,24,27-29,31-35,37,39-42H2,1-2H3,(H,56,60)/b7-5-,8-6+,13-11-,17-16-,20-19-,23-22-,26-25-,30-14+,38-36+. The van der Waals surface area contributed by atoms with Gasteiger partial charge in [-0.05, 0) is 89.9 Å². The first-order chi connectivity index (χ1) is 33.6. The highest BCUT2D eigenvalue weighted by Gasteiger charge is 2.51. The van der Waals surface area contributed by atoms with E-state index >= 15 is 0 Å². The lowest BCUT2D eigenvalue weighted by atomic mass is 9.97. The van der Waals surface area contributed by atoms with Crippen LogP contribution in [0.15, 0.2) is 109 Å². The molecule has 0 saturated carbocycles. The molecule has 2 saturated heterocycles. The Bertz CT molecular complexity index is 1570. The molecule has 1 amide bonds. The highest BCUT2D eigenvalue weighted by Crippen LogP contribution is 2.30. The monoisotopic (exact) mass is 972 g/mol. The summed E-state index contributed by atoms with van der Waals surface area (Å²) in [6, 6.07) is -0.952. The number of hydrogen-bond donors (Lipinski definition) is 9. The second kappa shape index (κ2) is 40.3. The third-order valence-corrected chi connectivity index (χ3v) is 11.7. The van der Waals surface area contributed by atoms with Gasteiger partial charge in [-0.15, -0.1) is 0 Å². The molecular formula is C55H89NO13. The molecule has 2 heterocycles. The van der Waals surface area contributed by atoms with Gasteiger partial charge in [0.1, 0.15) is 48.8 Å². The minimum atomic E-state index is -1.80. The van der Waals surface area contributed by atoms with Crippen LogP contribution in [0, 0.1) is 0 Å². The van der Waals surface area contributed by atoms with Crippen LogP contribution >= 0.6 is 0 Å². The van der Waals surface area contributed by atoms with Gasteiger partial charge in [-0.3, -0.25) is 4.79 Å². The second-order valence-corrected chi connectivity index (χ2v) is 17.5. The zero-order valence-electron chi connectivity index (χ0n) is 41.5. The van der Waals surface area contributed by atoms with Crippen molar-refractivity contribution in [3.63, 3.8) is 0 Å². The maximum absolute atomic E-state index is 13.2. The molecule has 2 aliphatic heterocycles. The van der Waals surface area contributed by atoms with Crippen molar-refractivity contribution in [1.82, 2.24) is 5.32 Å². The molecule has 0 aromatic carbocycles. The van der Waals surface area contributed by atoms with Gasteiger partial charge < -0.3 is 65.1 Å². The summed E-state index contributed by atoms with van der Waals surface area (Å²) < 4.78 is 22.6. The van der Waals surface area contributed by atoms with E-state index in [1.807, 2.05) is 6.08 Å². The van der Waals surface area contributed by atoms with Crippen molar-refractivity contribution in [2.24, 2.45) is 0 Å². The van der Waals surface area contributed by atoms with E-state index in [1.54, 1.807) is 6.08 Å². The average Bonchev–Trinajstić information content (AvgIpc) is 3.35. The van der Waals surface area contributed by atoms with Crippen LogP contribution in [-0.2, 0) is 23.7 Å². The Labute approximate surface area is 413 Å². The number of unbranched alkanes of at least 4 members (excludes halogenated alkanes) is 8. The zero-order valence-corrected chi connectivity index (χ0v) is 41.5. The fraction of sp³-hybridized carbons (Fsp3) is 0.655. The van der Waals surface area contributed by atoms with Crippen LogP contribution < -0.4 is 5.32 Å². The molecule has 2 aliphatic rings. The van der Waals surface area contributed by atoms with Crippen molar-refractivity contribution in [2.75, 3.05) is 19.8 Å². The van der Waals surface area contributed by atoms with Crippen molar-refractivity contribution in [3.05, 3.63) is 109 Å². The molecule has 0 spiro atoms. The van der Waals surface area contributed by atoms with Crippen LogP contribution in [0.1, 0.15) is 136 Å². The number of rotatable bonds is 37. The van der Waals surface area contributed by atoms with E-state index in [9.17, 15) is 45.6 Å². The normalized spacial score (nSPS) is 27.1. The summed E-state index contributed by atoms with van der Waals surface area (Å²) in [7, 11) is 0. The Kier molecular flexibility index (Phi) is 36.0. The quantitative estimate of drug-likeness (QED) is 0.0228. The number of aliphatic hydroxyl groups excluding tert-OH is 8. The largest absolute Gasteiger partial charge is 0.394 e. The van der Waals surface area contributed by atoms with E-state index in [0.717, 1.165) is 103 Å². The maximum Gasteiger partial charge on any atom is 0.220 e. The van der Waals surface area contributed by atoms with Gasteiger partial charge in [-0.2, -0.15) is 0 Å². The molecule has 12 unspecified atom stereocenters. The van der Waals surface area contributed by atoms with E-state index in [1.165, 1.54) is 0 Å². The second-order valence-electron chi connectivity index (χ2n) is 17.5. The number of aliphatic hydroxyl groups is 8. The van der Waals surface area contributed by atoms with E-state index in [4.69, 9.17) is 18.9 Å². The third kappa shape index (κ3) is 27.2. The van der Waals surface area contributed by atoms with Crippen LogP contribution in [0.3, 0.4) is 0 Å². The molecule has 14 heteroatoms. The SMILES string of the molecule is CC/C=C\C/C=C\C/C=C\C/C=C\C/C=C\C/C=C\CCCCCCCCC(=O)NC(COC1OC(CO)C(OC2OC(CO)C(O)C(O)C2O)C(O)C1O)C(O)/C=C/CC/C=C/CC/C=C/CC. The Hall–Kier alpha value is -3.35. The number of carbonyl (C=O) groups is 1. The van der Waals surface area contributed by atoms with Gasteiger partial charge in [-0.1, -0.05) is 149 Å². The lowest BCUT2D eigenvalue weighted by Crippen LogP contribution is -2.65. The molecule has 0 aromatic heterocycles. The van der Waals surface area contributed by atoms with Gasteiger partial charge >= 0.3 is 0 Å². The molecule has 12 atom stereocenters. The van der Waals surface area contributed by atoms with E-state index in [-0.39, 0.29) is 18.9 Å². The number of nitrogens with one attached hydrogen (secondary N) is 1. The van der Waals surface area contributed by atoms with E-state index < -0.39 is 86.8 Å². The highest BCUT2D eigenvalue weighted by molar-refractivity contribution is 5.76. The van der Waals surface area contributed by atoms with Gasteiger partial charge in [0.15, 0.2) is 12.6 Å². The smallest absolute Gasteiger partial charge is 0.220 e. The average molecular weight is 972 g/mol. The molecule has 14 nitrogen and oxygen atoms in total. The van der Waals surface area contributed by atoms with E-state index in [2.05, 4.69) is 116 Å². The van der Waals surface area contributed by atoms with Gasteiger partial charge in [0, 0.05) is 6.42 Å². The minimum Gasteiger partial charge on any atom is -0.394 e. The summed E-state index contributed by atoms with van der Waals surface area (Å²) in [4.78, 5) is 13.2. The highest BCUT2D eigenvalue weighted by atomic mass is 16.7.